The SMILES string of the molecule is CC1CC[C@]2(COC(=O)COC/C=C/c3ccccc3)CC[C@]3(C)C(CCC4[C@@]5(C)CC[C@H](O)C(C)(C)C5CC[C@]43C)C12. The van der Waals surface area contributed by atoms with Gasteiger partial charge in [0.25, 0.3) is 0 Å². The highest BCUT2D eigenvalue weighted by molar-refractivity contribution is 5.70. The average Bonchev–Trinajstić information content (AvgIpc) is 3.31. The van der Waals surface area contributed by atoms with Crippen molar-refractivity contribution in [2.75, 3.05) is 19.8 Å². The number of carbonyl (C=O) groups excluding carboxylic acids is 1. The van der Waals surface area contributed by atoms with Gasteiger partial charge in [0.05, 0.1) is 19.3 Å². The quantitative estimate of drug-likeness (QED) is 0.255. The second-order valence-electron chi connectivity index (χ2n) is 16.9. The van der Waals surface area contributed by atoms with E-state index in [1.807, 2.05) is 30.4 Å². The zero-order valence-corrected chi connectivity index (χ0v) is 27.9. The Morgan fingerprint density at radius 1 is 0.884 bits per heavy atom. The van der Waals surface area contributed by atoms with Crippen molar-refractivity contribution < 1.29 is 19.4 Å². The molecule has 0 aromatic heterocycles. The van der Waals surface area contributed by atoms with Crippen molar-refractivity contribution in [3.63, 3.8) is 0 Å². The lowest BCUT2D eigenvalue weighted by atomic mass is 9.32. The minimum absolute atomic E-state index is 0.000456. The van der Waals surface area contributed by atoms with E-state index in [1.54, 1.807) is 0 Å². The molecule has 1 N–H and O–H groups in total. The molecule has 1 aromatic rings. The highest BCUT2D eigenvalue weighted by Gasteiger charge is 2.70. The van der Waals surface area contributed by atoms with Crippen molar-refractivity contribution in [1.29, 1.82) is 0 Å². The second-order valence-corrected chi connectivity index (χ2v) is 16.9. The van der Waals surface area contributed by atoms with Crippen molar-refractivity contribution in [3.8, 4) is 0 Å². The van der Waals surface area contributed by atoms with E-state index in [0.29, 0.717) is 53.1 Å². The third kappa shape index (κ3) is 4.96. The van der Waals surface area contributed by atoms with E-state index in [0.717, 1.165) is 17.9 Å². The van der Waals surface area contributed by atoms with Crippen LogP contribution in [-0.4, -0.2) is 37.0 Å². The van der Waals surface area contributed by atoms with Gasteiger partial charge in [-0.05, 0) is 121 Å². The highest BCUT2D eigenvalue weighted by Crippen LogP contribution is 2.77. The van der Waals surface area contributed by atoms with Gasteiger partial charge in [-0.2, -0.15) is 0 Å². The predicted octanol–water partition coefficient (Wildman–Crippen LogP) is 8.72. The number of hydrogen-bond acceptors (Lipinski definition) is 4. The van der Waals surface area contributed by atoms with Crippen LogP contribution in [0.15, 0.2) is 36.4 Å². The number of rotatable bonds is 7. The maximum absolute atomic E-state index is 12.8. The zero-order chi connectivity index (χ0) is 30.7. The molecule has 5 saturated carbocycles. The molecule has 0 aliphatic heterocycles. The number of esters is 1. The van der Waals surface area contributed by atoms with Gasteiger partial charge in [-0.3, -0.25) is 0 Å². The number of fused-ring (bicyclic) bond motifs is 7. The topological polar surface area (TPSA) is 55.8 Å². The standard InChI is InChI=1S/C39H58O4/c1-27-16-21-39(26-43-33(41)25-42-24-10-13-28-11-8-7-9-12-28)23-22-37(5)29(34(27)39)14-15-31-36(4)19-18-32(40)35(2,3)30(36)17-20-38(31,37)6/h7-13,27,29-32,34,40H,14-26H2,1-6H3/b13-10+/t27?,29?,30?,31?,32-,34?,36-,37+,38+,39+/m0/s1. The molecular weight excluding hydrogens is 532 g/mol. The molecule has 43 heavy (non-hydrogen) atoms. The summed E-state index contributed by atoms with van der Waals surface area (Å²) >= 11 is 0. The molecule has 5 unspecified atom stereocenters. The largest absolute Gasteiger partial charge is 0.463 e. The van der Waals surface area contributed by atoms with Crippen LogP contribution in [0.25, 0.3) is 6.08 Å². The number of carbonyl (C=O) groups is 1. The van der Waals surface area contributed by atoms with Crippen molar-refractivity contribution >= 4 is 12.0 Å². The maximum Gasteiger partial charge on any atom is 0.332 e. The summed E-state index contributed by atoms with van der Waals surface area (Å²) in [5.41, 5.74) is 2.20. The van der Waals surface area contributed by atoms with E-state index >= 15 is 0 Å². The molecule has 5 aliphatic rings. The monoisotopic (exact) mass is 590 g/mol. The molecule has 6 rings (SSSR count). The van der Waals surface area contributed by atoms with Crippen LogP contribution in [0.1, 0.15) is 111 Å². The minimum Gasteiger partial charge on any atom is -0.463 e. The summed E-state index contributed by atoms with van der Waals surface area (Å²) < 4.78 is 11.7. The third-order valence-corrected chi connectivity index (χ3v) is 15.0. The van der Waals surface area contributed by atoms with Crippen LogP contribution in [0.4, 0.5) is 0 Å². The number of aliphatic hydroxyl groups is 1. The van der Waals surface area contributed by atoms with Gasteiger partial charge >= 0.3 is 5.97 Å². The summed E-state index contributed by atoms with van der Waals surface area (Å²) in [7, 11) is 0. The number of aliphatic hydroxyl groups excluding tert-OH is 1. The Labute approximate surface area is 261 Å². The molecule has 0 saturated heterocycles. The molecule has 4 nitrogen and oxygen atoms in total. The lowest BCUT2D eigenvalue weighted by molar-refractivity contribution is -0.250. The first-order valence-electron chi connectivity index (χ1n) is 17.5. The Morgan fingerprint density at radius 2 is 1.65 bits per heavy atom. The van der Waals surface area contributed by atoms with E-state index in [-0.39, 0.29) is 29.5 Å². The van der Waals surface area contributed by atoms with Crippen LogP contribution < -0.4 is 0 Å². The molecule has 0 amide bonds. The maximum atomic E-state index is 12.8. The highest BCUT2D eigenvalue weighted by atomic mass is 16.6. The molecule has 0 bridgehead atoms. The Morgan fingerprint density at radius 3 is 2.42 bits per heavy atom. The Kier molecular flexibility index (Phi) is 8.24. The number of ether oxygens (including phenoxy) is 2. The molecule has 1 aromatic carbocycles. The van der Waals surface area contributed by atoms with Crippen molar-refractivity contribution in [1.82, 2.24) is 0 Å². The summed E-state index contributed by atoms with van der Waals surface area (Å²) in [4.78, 5) is 12.8. The first-order chi connectivity index (χ1) is 20.4. The van der Waals surface area contributed by atoms with E-state index in [9.17, 15) is 9.90 Å². The summed E-state index contributed by atoms with van der Waals surface area (Å²) in [6.45, 7) is 16.1. The summed E-state index contributed by atoms with van der Waals surface area (Å²) in [6, 6.07) is 10.1. The molecular formula is C39H58O4. The fourth-order valence-corrected chi connectivity index (χ4v) is 12.6. The predicted molar refractivity (Wildman–Crippen MR) is 173 cm³/mol. The van der Waals surface area contributed by atoms with Gasteiger partial charge in [-0.15, -0.1) is 0 Å². The fraction of sp³-hybridized carbons (Fsp3) is 0.769. The van der Waals surface area contributed by atoms with Gasteiger partial charge in [0, 0.05) is 5.41 Å². The molecule has 238 valence electrons. The molecule has 0 radical (unpaired) electrons. The van der Waals surface area contributed by atoms with E-state index in [2.05, 4.69) is 53.7 Å². The van der Waals surface area contributed by atoms with Crippen LogP contribution in [-0.2, 0) is 14.3 Å². The van der Waals surface area contributed by atoms with Crippen LogP contribution in [0.2, 0.25) is 0 Å². The minimum atomic E-state index is -0.224. The van der Waals surface area contributed by atoms with Gasteiger partial charge in [0.2, 0.25) is 0 Å². The zero-order valence-electron chi connectivity index (χ0n) is 27.9. The van der Waals surface area contributed by atoms with Crippen LogP contribution >= 0.6 is 0 Å². The van der Waals surface area contributed by atoms with Crippen LogP contribution in [0.5, 0.6) is 0 Å². The molecule has 0 spiro atoms. The average molecular weight is 591 g/mol. The second kappa shape index (κ2) is 11.3. The van der Waals surface area contributed by atoms with Crippen LogP contribution in [0, 0.1) is 56.7 Å². The first-order valence-corrected chi connectivity index (χ1v) is 17.5. The summed E-state index contributed by atoms with van der Waals surface area (Å²) in [5.74, 6) is 3.10. The van der Waals surface area contributed by atoms with Gasteiger partial charge in [0.15, 0.2) is 0 Å². The normalized spacial score (nSPS) is 45.1. The van der Waals surface area contributed by atoms with Crippen molar-refractivity contribution in [2.45, 2.75) is 112 Å². The summed E-state index contributed by atoms with van der Waals surface area (Å²) in [5, 5.41) is 11.0. The molecule has 5 fully saturated rings. The van der Waals surface area contributed by atoms with Crippen molar-refractivity contribution in [3.05, 3.63) is 42.0 Å². The van der Waals surface area contributed by atoms with E-state index < -0.39 is 0 Å². The van der Waals surface area contributed by atoms with E-state index in [1.165, 1.54) is 57.8 Å². The van der Waals surface area contributed by atoms with E-state index in [4.69, 9.17) is 9.47 Å². The third-order valence-electron chi connectivity index (χ3n) is 15.0. The number of benzene rings is 1. The Bertz CT molecular complexity index is 1190. The van der Waals surface area contributed by atoms with Gasteiger partial charge in [0.1, 0.15) is 6.61 Å². The lowest BCUT2D eigenvalue weighted by Gasteiger charge is -2.73. The Hall–Kier alpha value is -1.65. The van der Waals surface area contributed by atoms with Gasteiger partial charge in [-0.1, -0.05) is 84.0 Å². The smallest absolute Gasteiger partial charge is 0.332 e. The van der Waals surface area contributed by atoms with Crippen molar-refractivity contribution in [2.24, 2.45) is 56.7 Å². The molecule has 4 heteroatoms. The number of hydrogen-bond donors (Lipinski definition) is 1. The first kappa shape index (κ1) is 31.3. The van der Waals surface area contributed by atoms with Gasteiger partial charge in [-0.25, -0.2) is 4.79 Å². The van der Waals surface area contributed by atoms with Crippen LogP contribution in [0.3, 0.4) is 0 Å². The fourth-order valence-electron chi connectivity index (χ4n) is 12.6. The lowest BCUT2D eigenvalue weighted by Crippen LogP contribution is -2.66. The molecule has 0 heterocycles. The molecule has 10 atom stereocenters. The van der Waals surface area contributed by atoms with Gasteiger partial charge < -0.3 is 14.6 Å². The summed E-state index contributed by atoms with van der Waals surface area (Å²) in [6.07, 6.45) is 16.0. The Balaban J connectivity index is 1.13. The molecule has 5 aliphatic carbocycles.